The molecule has 0 aliphatic carbocycles. The SMILES string of the molecule is CC(=O)Oc1c(-c2ccc(NC(=O)c3ccc(F)cc3)cc2)c(-c2cccc(F)c2)nn1-c1ccc(C)cc1. The number of benzene rings is 4. The Hall–Kier alpha value is -5.11. The molecule has 39 heavy (non-hydrogen) atoms. The molecule has 0 aliphatic heterocycles. The van der Waals surface area contributed by atoms with Gasteiger partial charge in [0.25, 0.3) is 5.91 Å². The Bertz CT molecular complexity index is 1660. The molecular weight excluding hydrogens is 500 g/mol. The molecule has 0 radical (unpaired) electrons. The van der Waals surface area contributed by atoms with E-state index in [1.165, 1.54) is 48.0 Å². The minimum Gasteiger partial charge on any atom is -0.407 e. The Morgan fingerprint density at radius 1 is 0.821 bits per heavy atom. The molecule has 5 rings (SSSR count). The second-order valence-electron chi connectivity index (χ2n) is 8.92. The fourth-order valence-electron chi connectivity index (χ4n) is 4.12. The highest BCUT2D eigenvalue weighted by Gasteiger charge is 2.25. The molecule has 4 aromatic carbocycles. The van der Waals surface area contributed by atoms with Gasteiger partial charge in [-0.3, -0.25) is 9.59 Å². The summed E-state index contributed by atoms with van der Waals surface area (Å²) in [6.45, 7) is 3.26. The van der Waals surface area contributed by atoms with Gasteiger partial charge < -0.3 is 10.1 Å². The first-order chi connectivity index (χ1) is 18.8. The van der Waals surface area contributed by atoms with Gasteiger partial charge in [-0.1, -0.05) is 42.0 Å². The first-order valence-corrected chi connectivity index (χ1v) is 12.1. The van der Waals surface area contributed by atoms with Crippen LogP contribution in [0.3, 0.4) is 0 Å². The van der Waals surface area contributed by atoms with E-state index in [0.717, 1.165) is 5.56 Å². The largest absolute Gasteiger partial charge is 0.407 e. The number of aryl methyl sites for hydroxylation is 1. The molecular formula is C31H23F2N3O3. The molecule has 5 aromatic rings. The summed E-state index contributed by atoms with van der Waals surface area (Å²) in [5, 5.41) is 7.52. The zero-order valence-corrected chi connectivity index (χ0v) is 21.1. The maximum atomic E-state index is 14.2. The van der Waals surface area contributed by atoms with Crippen molar-refractivity contribution in [2.24, 2.45) is 0 Å². The van der Waals surface area contributed by atoms with E-state index >= 15 is 0 Å². The highest BCUT2D eigenvalue weighted by Crippen LogP contribution is 2.41. The number of rotatable bonds is 6. The normalized spacial score (nSPS) is 10.8. The van der Waals surface area contributed by atoms with Crippen LogP contribution in [0.4, 0.5) is 14.5 Å². The van der Waals surface area contributed by atoms with E-state index in [2.05, 4.69) is 5.32 Å². The summed E-state index contributed by atoms with van der Waals surface area (Å²) in [6.07, 6.45) is 0. The van der Waals surface area contributed by atoms with Crippen LogP contribution in [-0.2, 0) is 4.79 Å². The van der Waals surface area contributed by atoms with Crippen LogP contribution in [-0.4, -0.2) is 21.7 Å². The Labute approximate surface area is 223 Å². The molecule has 194 valence electrons. The molecule has 0 saturated carbocycles. The van der Waals surface area contributed by atoms with Gasteiger partial charge in [0.15, 0.2) is 0 Å². The molecule has 1 N–H and O–H groups in total. The number of aromatic nitrogens is 2. The van der Waals surface area contributed by atoms with E-state index < -0.39 is 23.5 Å². The number of hydrogen-bond donors (Lipinski definition) is 1. The quantitative estimate of drug-likeness (QED) is 0.244. The lowest BCUT2D eigenvalue weighted by Gasteiger charge is -2.11. The molecule has 1 aromatic heterocycles. The standard InChI is InChI=1S/C31H23F2N3O3/c1-19-6-16-27(17-7-19)36-31(39-20(2)37)28(29(35-36)23-4-3-5-25(33)18-23)21-10-14-26(15-11-21)34-30(38)22-8-12-24(32)13-9-22/h3-18H,1-2H3,(H,34,38). The number of ether oxygens (including phenoxy) is 1. The lowest BCUT2D eigenvalue weighted by Crippen LogP contribution is -2.11. The zero-order chi connectivity index (χ0) is 27.5. The van der Waals surface area contributed by atoms with Crippen molar-refractivity contribution in [3.63, 3.8) is 0 Å². The van der Waals surface area contributed by atoms with Crippen molar-refractivity contribution in [1.29, 1.82) is 0 Å². The number of carbonyl (C=O) groups is 2. The van der Waals surface area contributed by atoms with Crippen LogP contribution < -0.4 is 10.1 Å². The van der Waals surface area contributed by atoms with Gasteiger partial charge in [0.2, 0.25) is 5.88 Å². The number of hydrogen-bond acceptors (Lipinski definition) is 4. The van der Waals surface area contributed by atoms with E-state index in [1.807, 2.05) is 31.2 Å². The second kappa shape index (κ2) is 10.7. The van der Waals surface area contributed by atoms with E-state index in [-0.39, 0.29) is 5.88 Å². The number of amides is 1. The van der Waals surface area contributed by atoms with Crippen LogP contribution in [0.2, 0.25) is 0 Å². The van der Waals surface area contributed by atoms with E-state index in [9.17, 15) is 18.4 Å². The van der Waals surface area contributed by atoms with Gasteiger partial charge in [-0.05, 0) is 73.2 Å². The van der Waals surface area contributed by atoms with Crippen LogP contribution in [0, 0.1) is 18.6 Å². The lowest BCUT2D eigenvalue weighted by atomic mass is 10.0. The van der Waals surface area contributed by atoms with E-state index in [0.29, 0.717) is 39.3 Å². The molecule has 0 fully saturated rings. The maximum absolute atomic E-state index is 14.2. The molecule has 0 spiro atoms. The Kier molecular flexibility index (Phi) is 7.01. The van der Waals surface area contributed by atoms with Gasteiger partial charge in [-0.15, -0.1) is 0 Å². The Morgan fingerprint density at radius 2 is 1.51 bits per heavy atom. The second-order valence-corrected chi connectivity index (χ2v) is 8.92. The minimum atomic E-state index is -0.543. The minimum absolute atomic E-state index is 0.175. The number of nitrogens with zero attached hydrogens (tertiary/aromatic N) is 2. The first-order valence-electron chi connectivity index (χ1n) is 12.1. The van der Waals surface area contributed by atoms with Gasteiger partial charge in [-0.2, -0.15) is 9.78 Å². The molecule has 0 atom stereocenters. The first kappa shape index (κ1) is 25.5. The number of anilines is 1. The third kappa shape index (κ3) is 5.60. The molecule has 1 heterocycles. The molecule has 0 aliphatic rings. The fraction of sp³-hybridized carbons (Fsp3) is 0.0645. The van der Waals surface area contributed by atoms with Crippen LogP contribution in [0.5, 0.6) is 5.88 Å². The highest BCUT2D eigenvalue weighted by atomic mass is 19.1. The molecule has 0 saturated heterocycles. The van der Waals surface area contributed by atoms with E-state index in [4.69, 9.17) is 9.84 Å². The summed E-state index contributed by atoms with van der Waals surface area (Å²) >= 11 is 0. The lowest BCUT2D eigenvalue weighted by molar-refractivity contribution is -0.132. The van der Waals surface area contributed by atoms with Crippen molar-refractivity contribution in [3.05, 3.63) is 120 Å². The number of esters is 1. The predicted octanol–water partition coefficient (Wildman–Crippen LogP) is 6.97. The van der Waals surface area contributed by atoms with Crippen molar-refractivity contribution in [1.82, 2.24) is 9.78 Å². The van der Waals surface area contributed by atoms with Crippen LogP contribution in [0.25, 0.3) is 28.1 Å². The third-order valence-electron chi connectivity index (χ3n) is 6.00. The van der Waals surface area contributed by atoms with Gasteiger partial charge in [-0.25, -0.2) is 8.78 Å². The average molecular weight is 524 g/mol. The smallest absolute Gasteiger partial charge is 0.309 e. The summed E-state index contributed by atoms with van der Waals surface area (Å²) in [5.41, 5.74) is 4.53. The van der Waals surface area contributed by atoms with Gasteiger partial charge in [0, 0.05) is 23.7 Å². The van der Waals surface area contributed by atoms with Crippen molar-refractivity contribution >= 4 is 17.6 Å². The Morgan fingerprint density at radius 3 is 2.15 bits per heavy atom. The number of carbonyl (C=O) groups excluding carboxylic acids is 2. The summed E-state index contributed by atoms with van der Waals surface area (Å²) in [4.78, 5) is 24.7. The number of halogens is 2. The fourth-order valence-corrected chi connectivity index (χ4v) is 4.12. The van der Waals surface area contributed by atoms with Crippen molar-refractivity contribution in [2.45, 2.75) is 13.8 Å². The zero-order valence-electron chi connectivity index (χ0n) is 21.1. The highest BCUT2D eigenvalue weighted by molar-refractivity contribution is 6.04. The topological polar surface area (TPSA) is 73.2 Å². The molecule has 0 bridgehead atoms. The molecule has 0 unspecified atom stereocenters. The monoisotopic (exact) mass is 523 g/mol. The summed E-state index contributed by atoms with van der Waals surface area (Å²) in [6, 6.07) is 25.6. The summed E-state index contributed by atoms with van der Waals surface area (Å²) in [5.74, 6) is -1.63. The summed E-state index contributed by atoms with van der Waals surface area (Å²) in [7, 11) is 0. The van der Waals surface area contributed by atoms with E-state index in [1.54, 1.807) is 36.4 Å². The van der Waals surface area contributed by atoms with Crippen LogP contribution in [0.15, 0.2) is 97.1 Å². The summed E-state index contributed by atoms with van der Waals surface area (Å²) < 4.78 is 34.6. The Balaban J connectivity index is 1.60. The molecule has 1 amide bonds. The van der Waals surface area contributed by atoms with Gasteiger partial charge >= 0.3 is 5.97 Å². The molecule has 8 heteroatoms. The van der Waals surface area contributed by atoms with Gasteiger partial charge in [0.05, 0.1) is 11.3 Å². The molecule has 6 nitrogen and oxygen atoms in total. The number of nitrogens with one attached hydrogen (secondary N) is 1. The average Bonchev–Trinajstić information content (AvgIpc) is 3.28. The van der Waals surface area contributed by atoms with Crippen molar-refractivity contribution in [3.8, 4) is 34.0 Å². The van der Waals surface area contributed by atoms with Crippen molar-refractivity contribution < 1.29 is 23.1 Å². The third-order valence-corrected chi connectivity index (χ3v) is 6.00. The maximum Gasteiger partial charge on any atom is 0.309 e. The van der Waals surface area contributed by atoms with Crippen LogP contribution in [0.1, 0.15) is 22.8 Å². The van der Waals surface area contributed by atoms with Crippen LogP contribution >= 0.6 is 0 Å². The predicted molar refractivity (Wildman–Crippen MR) is 145 cm³/mol. The van der Waals surface area contributed by atoms with Crippen molar-refractivity contribution in [2.75, 3.05) is 5.32 Å². The van der Waals surface area contributed by atoms with Gasteiger partial charge in [0.1, 0.15) is 17.3 Å².